The van der Waals surface area contributed by atoms with Crippen LogP contribution in [0.4, 0.5) is 0 Å². The molecule has 0 aliphatic rings. The molecule has 0 amide bonds. The monoisotopic (exact) mass is 398 g/mol. The Balaban J connectivity index is 2.92. The zero-order chi connectivity index (χ0) is 21.3. The number of hydrogen-bond acceptors (Lipinski definition) is 6. The number of ether oxygens (including phenoxy) is 3. The number of Topliss-reactive ketones (excluding diaryl/α,β-unsaturated/α-hetero) is 1. The van der Waals surface area contributed by atoms with E-state index in [1.165, 1.54) is 0 Å². The Hall–Kier alpha value is -1.21. The first kappa shape index (κ1) is 24.8. The molecule has 1 N–H and O–H groups in total. The van der Waals surface area contributed by atoms with Gasteiger partial charge in [0.25, 0.3) is 0 Å². The second-order valence-electron chi connectivity index (χ2n) is 7.68. The largest absolute Gasteiger partial charge is 0.465 e. The van der Waals surface area contributed by atoms with Crippen LogP contribution in [-0.4, -0.2) is 50.7 Å². The number of carbonyl (C=O) groups excluding carboxylic acids is 1. The van der Waals surface area contributed by atoms with Crippen molar-refractivity contribution in [2.75, 3.05) is 33.7 Å². The number of furan rings is 1. The SMILES string of the molecule is CC[C@@H](CO)[C@@H](C)[C@H](OCOCCOC)[C@@H](C)C(=O)[C@@H](C)c1oc(C)cc1C. The highest BCUT2D eigenvalue weighted by Crippen LogP contribution is 2.32. The molecule has 0 saturated carbocycles. The van der Waals surface area contributed by atoms with Crippen LogP contribution < -0.4 is 0 Å². The average molecular weight is 399 g/mol. The van der Waals surface area contributed by atoms with Crippen LogP contribution in [-0.2, 0) is 19.0 Å². The normalized spacial score (nSPS) is 17.1. The van der Waals surface area contributed by atoms with Crippen molar-refractivity contribution in [2.24, 2.45) is 17.8 Å². The van der Waals surface area contributed by atoms with Crippen molar-refractivity contribution < 1.29 is 28.5 Å². The molecule has 6 nitrogen and oxygen atoms in total. The summed E-state index contributed by atoms with van der Waals surface area (Å²) in [6.45, 7) is 12.7. The first-order valence-electron chi connectivity index (χ1n) is 10.2. The number of rotatable bonds is 14. The van der Waals surface area contributed by atoms with Gasteiger partial charge in [-0.3, -0.25) is 4.79 Å². The van der Waals surface area contributed by atoms with E-state index in [2.05, 4.69) is 0 Å². The molecule has 0 saturated heterocycles. The lowest BCUT2D eigenvalue weighted by Gasteiger charge is -2.33. The van der Waals surface area contributed by atoms with Crippen molar-refractivity contribution in [1.82, 2.24) is 0 Å². The Bertz CT molecular complexity index is 578. The Morgan fingerprint density at radius 1 is 1.21 bits per heavy atom. The molecule has 5 atom stereocenters. The van der Waals surface area contributed by atoms with Gasteiger partial charge in [-0.25, -0.2) is 0 Å². The van der Waals surface area contributed by atoms with Gasteiger partial charge in [0.15, 0.2) is 0 Å². The average Bonchev–Trinajstić information content (AvgIpc) is 3.01. The van der Waals surface area contributed by atoms with Gasteiger partial charge in [0.1, 0.15) is 24.1 Å². The number of hydrogen-bond donors (Lipinski definition) is 1. The van der Waals surface area contributed by atoms with E-state index in [1.54, 1.807) is 7.11 Å². The third-order valence-electron chi connectivity index (χ3n) is 5.64. The molecule has 1 rings (SSSR count). The number of aliphatic hydroxyl groups is 1. The van der Waals surface area contributed by atoms with Crippen molar-refractivity contribution in [3.8, 4) is 0 Å². The maximum absolute atomic E-state index is 13.2. The quantitative estimate of drug-likeness (QED) is 0.379. The van der Waals surface area contributed by atoms with Crippen molar-refractivity contribution in [3.05, 3.63) is 23.2 Å². The van der Waals surface area contributed by atoms with Crippen LogP contribution in [0.2, 0.25) is 0 Å². The lowest BCUT2D eigenvalue weighted by molar-refractivity contribution is -0.150. The standard InChI is InChI=1S/C22H38O6/c1-8-19(12-23)16(4)22(27-13-26-10-9-25-7)18(6)20(24)17(5)21-14(2)11-15(3)28-21/h11,16-19,22-23H,8-10,12-13H2,1-7H3/t16-,17-,18+,19+,22+/m1/s1. The van der Waals surface area contributed by atoms with E-state index in [4.69, 9.17) is 18.6 Å². The van der Waals surface area contributed by atoms with Crippen LogP contribution in [0.3, 0.4) is 0 Å². The molecule has 0 aromatic carbocycles. The van der Waals surface area contributed by atoms with Crippen LogP contribution >= 0.6 is 0 Å². The third kappa shape index (κ3) is 6.69. The van der Waals surface area contributed by atoms with Crippen molar-refractivity contribution in [3.63, 3.8) is 0 Å². The molecule has 0 aliphatic carbocycles. The van der Waals surface area contributed by atoms with E-state index in [1.807, 2.05) is 47.6 Å². The molecular weight excluding hydrogens is 360 g/mol. The minimum absolute atomic E-state index is 0.00612. The summed E-state index contributed by atoms with van der Waals surface area (Å²) in [4.78, 5) is 13.2. The van der Waals surface area contributed by atoms with Crippen LogP contribution in [0.25, 0.3) is 0 Å². The fraction of sp³-hybridized carbons (Fsp3) is 0.773. The predicted molar refractivity (Wildman–Crippen MR) is 108 cm³/mol. The molecule has 1 aromatic rings. The van der Waals surface area contributed by atoms with Crippen LogP contribution in [0.15, 0.2) is 10.5 Å². The number of aryl methyl sites for hydroxylation is 2. The Morgan fingerprint density at radius 3 is 2.39 bits per heavy atom. The summed E-state index contributed by atoms with van der Waals surface area (Å²) in [5.74, 6) is 0.935. The molecule has 0 bridgehead atoms. The van der Waals surface area contributed by atoms with E-state index < -0.39 is 0 Å². The van der Waals surface area contributed by atoms with Crippen LogP contribution in [0.5, 0.6) is 0 Å². The summed E-state index contributed by atoms with van der Waals surface area (Å²) in [6, 6.07) is 1.95. The highest BCUT2D eigenvalue weighted by atomic mass is 16.7. The zero-order valence-corrected chi connectivity index (χ0v) is 18.5. The maximum Gasteiger partial charge on any atom is 0.148 e. The van der Waals surface area contributed by atoms with Gasteiger partial charge in [-0.15, -0.1) is 0 Å². The lowest BCUT2D eigenvalue weighted by Crippen LogP contribution is -2.40. The molecule has 0 unspecified atom stereocenters. The Labute approximate surface area is 169 Å². The summed E-state index contributed by atoms with van der Waals surface area (Å²) < 4.78 is 22.2. The molecular formula is C22H38O6. The number of ketones is 1. The van der Waals surface area contributed by atoms with E-state index >= 15 is 0 Å². The van der Waals surface area contributed by atoms with Crippen molar-refractivity contribution >= 4 is 5.78 Å². The minimum Gasteiger partial charge on any atom is -0.465 e. The molecule has 28 heavy (non-hydrogen) atoms. The van der Waals surface area contributed by atoms with Gasteiger partial charge in [-0.2, -0.15) is 0 Å². The molecule has 1 aromatic heterocycles. The number of methoxy groups -OCH3 is 1. The van der Waals surface area contributed by atoms with E-state index in [9.17, 15) is 9.90 Å². The summed E-state index contributed by atoms with van der Waals surface area (Å²) in [7, 11) is 1.61. The summed E-state index contributed by atoms with van der Waals surface area (Å²) >= 11 is 0. The van der Waals surface area contributed by atoms with Gasteiger partial charge in [0, 0.05) is 19.6 Å². The predicted octanol–water partition coefficient (Wildman–Crippen LogP) is 3.87. The van der Waals surface area contributed by atoms with Gasteiger partial charge < -0.3 is 23.7 Å². The van der Waals surface area contributed by atoms with Gasteiger partial charge in [-0.1, -0.05) is 27.2 Å². The Morgan fingerprint density at radius 2 is 1.89 bits per heavy atom. The highest BCUT2D eigenvalue weighted by Gasteiger charge is 2.36. The summed E-state index contributed by atoms with van der Waals surface area (Å²) in [5.41, 5.74) is 0.987. The smallest absolute Gasteiger partial charge is 0.148 e. The van der Waals surface area contributed by atoms with Crippen LogP contribution in [0, 0.1) is 31.6 Å². The second-order valence-corrected chi connectivity index (χ2v) is 7.68. The van der Waals surface area contributed by atoms with Gasteiger partial charge in [0.2, 0.25) is 0 Å². The number of carbonyl (C=O) groups is 1. The molecule has 0 aliphatic heterocycles. The highest BCUT2D eigenvalue weighted by molar-refractivity contribution is 5.87. The summed E-state index contributed by atoms with van der Waals surface area (Å²) in [5, 5.41) is 9.73. The summed E-state index contributed by atoms with van der Waals surface area (Å²) in [6.07, 6.45) is 0.459. The van der Waals surface area contributed by atoms with E-state index in [0.717, 1.165) is 17.7 Å². The topological polar surface area (TPSA) is 78.1 Å². The fourth-order valence-corrected chi connectivity index (χ4v) is 3.79. The molecule has 0 spiro atoms. The van der Waals surface area contributed by atoms with Gasteiger partial charge in [-0.05, 0) is 44.2 Å². The first-order valence-corrected chi connectivity index (χ1v) is 10.2. The fourth-order valence-electron chi connectivity index (χ4n) is 3.79. The zero-order valence-electron chi connectivity index (χ0n) is 18.5. The number of aliphatic hydroxyl groups excluding tert-OH is 1. The maximum atomic E-state index is 13.2. The molecule has 0 fully saturated rings. The van der Waals surface area contributed by atoms with E-state index in [0.29, 0.717) is 19.0 Å². The van der Waals surface area contributed by atoms with Crippen molar-refractivity contribution in [2.45, 2.75) is 60.0 Å². The van der Waals surface area contributed by atoms with Crippen molar-refractivity contribution in [1.29, 1.82) is 0 Å². The minimum atomic E-state index is -0.360. The lowest BCUT2D eigenvalue weighted by atomic mass is 9.78. The Kier molecular flexibility index (Phi) is 11.0. The molecule has 6 heteroatoms. The molecule has 162 valence electrons. The van der Waals surface area contributed by atoms with Gasteiger partial charge >= 0.3 is 0 Å². The van der Waals surface area contributed by atoms with Gasteiger partial charge in [0.05, 0.1) is 25.2 Å². The van der Waals surface area contributed by atoms with Crippen LogP contribution in [0.1, 0.15) is 57.1 Å². The molecule has 0 radical (unpaired) electrons. The molecule has 1 heterocycles. The third-order valence-corrected chi connectivity index (χ3v) is 5.64. The first-order chi connectivity index (χ1) is 13.3. The second kappa shape index (κ2) is 12.4. The van der Waals surface area contributed by atoms with E-state index in [-0.39, 0.29) is 49.0 Å².